The zero-order chi connectivity index (χ0) is 13.5. The number of hydrogen-bond acceptors (Lipinski definition) is 3. The van der Waals surface area contributed by atoms with Gasteiger partial charge in [0.1, 0.15) is 0 Å². The molecule has 0 heterocycles. The van der Waals surface area contributed by atoms with E-state index in [-0.39, 0.29) is 5.97 Å². The molecule has 0 bridgehead atoms. The van der Waals surface area contributed by atoms with E-state index in [0.717, 1.165) is 12.1 Å². The van der Waals surface area contributed by atoms with Crippen LogP contribution in [0.3, 0.4) is 0 Å². The Kier molecular flexibility index (Phi) is 5.40. The van der Waals surface area contributed by atoms with Gasteiger partial charge < -0.3 is 10.1 Å². The average molecular weight is 261 g/mol. The van der Waals surface area contributed by atoms with E-state index in [9.17, 15) is 4.79 Å². The predicted octanol–water partition coefficient (Wildman–Crippen LogP) is 3.29. The molecule has 1 saturated carbocycles. The van der Waals surface area contributed by atoms with Crippen molar-refractivity contribution in [3.63, 3.8) is 0 Å². The van der Waals surface area contributed by atoms with Crippen molar-refractivity contribution in [1.82, 2.24) is 5.32 Å². The second-order valence-corrected chi connectivity index (χ2v) is 5.22. The van der Waals surface area contributed by atoms with E-state index in [1.54, 1.807) is 0 Å². The van der Waals surface area contributed by atoms with Gasteiger partial charge in [-0.2, -0.15) is 0 Å². The highest BCUT2D eigenvalue weighted by molar-refractivity contribution is 5.90. The van der Waals surface area contributed by atoms with Crippen molar-refractivity contribution < 1.29 is 9.53 Å². The van der Waals surface area contributed by atoms with Crippen LogP contribution in [0.15, 0.2) is 24.3 Å². The van der Waals surface area contributed by atoms with Gasteiger partial charge in [-0.25, -0.2) is 4.79 Å². The van der Waals surface area contributed by atoms with Crippen LogP contribution in [-0.4, -0.2) is 19.1 Å². The van der Waals surface area contributed by atoms with Gasteiger partial charge in [0.05, 0.1) is 12.7 Å². The Bertz CT molecular complexity index is 409. The maximum absolute atomic E-state index is 11.7. The number of methoxy groups -OCH3 is 1. The normalized spacial score (nSPS) is 16.9. The molecule has 0 saturated heterocycles. The fraction of sp³-hybridized carbons (Fsp3) is 0.562. The van der Waals surface area contributed by atoms with Crippen LogP contribution in [0.2, 0.25) is 0 Å². The lowest BCUT2D eigenvalue weighted by atomic mass is 10.1. The third-order valence-corrected chi connectivity index (χ3v) is 3.86. The number of esters is 1. The van der Waals surface area contributed by atoms with Crippen molar-refractivity contribution >= 4 is 5.97 Å². The van der Waals surface area contributed by atoms with Gasteiger partial charge in [0, 0.05) is 12.6 Å². The quantitative estimate of drug-likeness (QED) is 0.667. The molecule has 3 heteroatoms. The van der Waals surface area contributed by atoms with Crippen molar-refractivity contribution in [1.29, 1.82) is 0 Å². The minimum absolute atomic E-state index is 0.252. The molecule has 1 fully saturated rings. The van der Waals surface area contributed by atoms with Gasteiger partial charge in [-0.1, -0.05) is 43.9 Å². The van der Waals surface area contributed by atoms with Gasteiger partial charge in [0.2, 0.25) is 0 Å². The van der Waals surface area contributed by atoms with E-state index < -0.39 is 0 Å². The summed E-state index contributed by atoms with van der Waals surface area (Å²) in [5, 5.41) is 3.59. The van der Waals surface area contributed by atoms with Crippen LogP contribution in [0, 0.1) is 0 Å². The first kappa shape index (κ1) is 14.1. The molecule has 1 aliphatic rings. The van der Waals surface area contributed by atoms with Gasteiger partial charge in [-0.3, -0.25) is 0 Å². The average Bonchev–Trinajstić information content (AvgIpc) is 2.73. The van der Waals surface area contributed by atoms with Crippen LogP contribution in [0.4, 0.5) is 0 Å². The summed E-state index contributed by atoms with van der Waals surface area (Å²) in [5.74, 6) is -0.252. The number of rotatable bonds is 4. The van der Waals surface area contributed by atoms with E-state index in [0.29, 0.717) is 11.6 Å². The highest BCUT2D eigenvalue weighted by atomic mass is 16.5. The Morgan fingerprint density at radius 2 is 1.89 bits per heavy atom. The third-order valence-electron chi connectivity index (χ3n) is 3.86. The molecule has 0 spiro atoms. The molecule has 2 rings (SSSR count). The number of carbonyl (C=O) groups excluding carboxylic acids is 1. The first-order valence-corrected chi connectivity index (χ1v) is 7.21. The molecule has 0 aliphatic heterocycles. The fourth-order valence-corrected chi connectivity index (χ4v) is 2.72. The largest absolute Gasteiger partial charge is 0.465 e. The smallest absolute Gasteiger partial charge is 0.338 e. The summed E-state index contributed by atoms with van der Waals surface area (Å²) in [4.78, 5) is 11.7. The molecule has 0 atom stereocenters. The molecule has 1 N–H and O–H groups in total. The van der Waals surface area contributed by atoms with Crippen molar-refractivity contribution in [2.24, 2.45) is 0 Å². The summed E-state index contributed by atoms with van der Waals surface area (Å²) in [7, 11) is 1.43. The number of benzene rings is 1. The molecule has 1 aromatic carbocycles. The Morgan fingerprint density at radius 1 is 1.21 bits per heavy atom. The number of ether oxygens (including phenoxy) is 1. The summed E-state index contributed by atoms with van der Waals surface area (Å²) in [6.07, 6.45) is 7.85. The molecule has 0 radical (unpaired) electrons. The maximum atomic E-state index is 11.7. The topological polar surface area (TPSA) is 38.3 Å². The summed E-state index contributed by atoms with van der Waals surface area (Å²) in [6, 6.07) is 8.26. The first-order valence-electron chi connectivity index (χ1n) is 7.21. The summed E-state index contributed by atoms with van der Waals surface area (Å²) >= 11 is 0. The minimum atomic E-state index is -0.252. The third kappa shape index (κ3) is 4.06. The van der Waals surface area contributed by atoms with E-state index in [2.05, 4.69) is 5.32 Å². The van der Waals surface area contributed by atoms with Gasteiger partial charge >= 0.3 is 5.97 Å². The predicted molar refractivity (Wildman–Crippen MR) is 76.1 cm³/mol. The molecular weight excluding hydrogens is 238 g/mol. The Balaban J connectivity index is 1.96. The lowest BCUT2D eigenvalue weighted by Gasteiger charge is -2.17. The molecule has 104 valence electrons. The summed E-state index contributed by atoms with van der Waals surface area (Å²) < 4.78 is 4.82. The van der Waals surface area contributed by atoms with Gasteiger partial charge in [0.15, 0.2) is 0 Å². The minimum Gasteiger partial charge on any atom is -0.465 e. The molecule has 3 nitrogen and oxygen atoms in total. The Labute approximate surface area is 115 Å². The SMILES string of the molecule is COC(=O)c1ccccc1CNC1CCCCCC1. The van der Waals surface area contributed by atoms with Crippen molar-refractivity contribution in [2.45, 2.75) is 51.1 Å². The summed E-state index contributed by atoms with van der Waals surface area (Å²) in [6.45, 7) is 0.746. The van der Waals surface area contributed by atoms with E-state index in [1.807, 2.05) is 24.3 Å². The highest BCUT2D eigenvalue weighted by Crippen LogP contribution is 2.18. The lowest BCUT2D eigenvalue weighted by Crippen LogP contribution is -2.28. The Hall–Kier alpha value is -1.35. The van der Waals surface area contributed by atoms with Crippen molar-refractivity contribution in [2.75, 3.05) is 7.11 Å². The van der Waals surface area contributed by atoms with E-state index >= 15 is 0 Å². The zero-order valence-electron chi connectivity index (χ0n) is 11.7. The van der Waals surface area contributed by atoms with Crippen LogP contribution in [0.5, 0.6) is 0 Å². The standard InChI is InChI=1S/C16H23NO2/c1-19-16(18)15-11-7-6-8-13(15)12-17-14-9-4-2-3-5-10-14/h6-8,11,14,17H,2-5,9-10,12H2,1H3. The zero-order valence-corrected chi connectivity index (χ0v) is 11.7. The van der Waals surface area contributed by atoms with Gasteiger partial charge in [-0.15, -0.1) is 0 Å². The van der Waals surface area contributed by atoms with Gasteiger partial charge in [0.25, 0.3) is 0 Å². The second-order valence-electron chi connectivity index (χ2n) is 5.22. The number of hydrogen-bond donors (Lipinski definition) is 1. The molecular formula is C16H23NO2. The highest BCUT2D eigenvalue weighted by Gasteiger charge is 2.14. The van der Waals surface area contributed by atoms with Crippen LogP contribution in [0.25, 0.3) is 0 Å². The van der Waals surface area contributed by atoms with Crippen molar-refractivity contribution in [3.05, 3.63) is 35.4 Å². The van der Waals surface area contributed by atoms with E-state index in [1.165, 1.54) is 45.6 Å². The van der Waals surface area contributed by atoms with Crippen LogP contribution in [0.1, 0.15) is 54.4 Å². The maximum Gasteiger partial charge on any atom is 0.338 e. The first-order chi connectivity index (χ1) is 9.31. The fourth-order valence-electron chi connectivity index (χ4n) is 2.72. The molecule has 1 aliphatic carbocycles. The molecule has 1 aromatic rings. The molecule has 0 amide bonds. The van der Waals surface area contributed by atoms with Crippen LogP contribution >= 0.6 is 0 Å². The van der Waals surface area contributed by atoms with Crippen molar-refractivity contribution in [3.8, 4) is 0 Å². The number of carbonyl (C=O) groups is 1. The lowest BCUT2D eigenvalue weighted by molar-refractivity contribution is 0.0599. The second kappa shape index (κ2) is 7.29. The molecule has 0 unspecified atom stereocenters. The summed E-state index contributed by atoms with van der Waals surface area (Å²) in [5.41, 5.74) is 1.70. The molecule has 19 heavy (non-hydrogen) atoms. The van der Waals surface area contributed by atoms with Crippen LogP contribution < -0.4 is 5.32 Å². The van der Waals surface area contributed by atoms with Crippen LogP contribution in [-0.2, 0) is 11.3 Å². The van der Waals surface area contributed by atoms with Gasteiger partial charge in [-0.05, 0) is 24.5 Å². The van der Waals surface area contributed by atoms with E-state index in [4.69, 9.17) is 4.74 Å². The Morgan fingerprint density at radius 3 is 2.58 bits per heavy atom. The number of nitrogens with one attached hydrogen (secondary N) is 1. The molecule has 0 aromatic heterocycles. The monoisotopic (exact) mass is 261 g/mol.